The highest BCUT2D eigenvalue weighted by Crippen LogP contribution is 2.24. The number of hydrogen-bond donors (Lipinski definition) is 2. The number of amides is 1. The summed E-state index contributed by atoms with van der Waals surface area (Å²) >= 11 is 0. The van der Waals surface area contributed by atoms with Gasteiger partial charge in [-0.1, -0.05) is 6.08 Å². The summed E-state index contributed by atoms with van der Waals surface area (Å²) < 4.78 is 10.3. The minimum Gasteiger partial charge on any atom is -0.495 e. The van der Waals surface area contributed by atoms with Crippen LogP contribution in [0.2, 0.25) is 0 Å². The number of carbonyl (C=O) groups is 1. The van der Waals surface area contributed by atoms with Crippen LogP contribution in [0.5, 0.6) is 5.75 Å². The molecular formula is C15H21N3O3. The molecule has 3 N–H and O–H groups in total. The van der Waals surface area contributed by atoms with Gasteiger partial charge in [-0.25, -0.2) is 0 Å². The van der Waals surface area contributed by atoms with Crippen LogP contribution in [-0.4, -0.2) is 50.8 Å². The maximum absolute atomic E-state index is 11.8. The predicted molar refractivity (Wildman–Crippen MR) is 82.4 cm³/mol. The molecule has 1 aliphatic heterocycles. The zero-order chi connectivity index (χ0) is 15.1. The van der Waals surface area contributed by atoms with Gasteiger partial charge in [0.25, 0.3) is 0 Å². The first kappa shape index (κ1) is 15.3. The largest absolute Gasteiger partial charge is 0.495 e. The minimum atomic E-state index is -0.173. The molecule has 0 saturated carbocycles. The molecule has 0 unspecified atom stereocenters. The van der Waals surface area contributed by atoms with Gasteiger partial charge in [0.15, 0.2) is 0 Å². The normalized spacial score (nSPS) is 16.0. The van der Waals surface area contributed by atoms with Crippen LogP contribution < -0.4 is 15.8 Å². The number of hydrogen-bond acceptors (Lipinski definition) is 5. The molecule has 1 aromatic rings. The molecule has 1 aromatic carbocycles. The van der Waals surface area contributed by atoms with E-state index in [-0.39, 0.29) is 5.91 Å². The Hall–Kier alpha value is -2.05. The monoisotopic (exact) mass is 291 g/mol. The molecular weight excluding hydrogens is 270 g/mol. The Bertz CT molecular complexity index is 511. The summed E-state index contributed by atoms with van der Waals surface area (Å²) in [7, 11) is 1.55. The second kappa shape index (κ2) is 7.66. The maximum atomic E-state index is 11.8. The van der Waals surface area contributed by atoms with Crippen LogP contribution in [0.4, 0.5) is 11.4 Å². The fourth-order valence-electron chi connectivity index (χ4n) is 2.09. The Labute approximate surface area is 124 Å². The van der Waals surface area contributed by atoms with Crippen molar-refractivity contribution in [3.63, 3.8) is 0 Å². The summed E-state index contributed by atoms with van der Waals surface area (Å²) in [5.74, 6) is 0.420. The zero-order valence-corrected chi connectivity index (χ0v) is 12.2. The third-order valence-corrected chi connectivity index (χ3v) is 3.23. The third kappa shape index (κ3) is 4.77. The molecule has 1 saturated heterocycles. The van der Waals surface area contributed by atoms with Crippen molar-refractivity contribution >= 4 is 17.3 Å². The highest BCUT2D eigenvalue weighted by atomic mass is 16.5. The Morgan fingerprint density at radius 1 is 1.48 bits per heavy atom. The number of rotatable bonds is 5. The van der Waals surface area contributed by atoms with E-state index in [0.29, 0.717) is 17.1 Å². The number of carbonyl (C=O) groups excluding carboxylic acids is 1. The van der Waals surface area contributed by atoms with Crippen molar-refractivity contribution in [3.8, 4) is 5.75 Å². The first-order valence-electron chi connectivity index (χ1n) is 6.90. The van der Waals surface area contributed by atoms with Gasteiger partial charge >= 0.3 is 0 Å². The van der Waals surface area contributed by atoms with E-state index in [0.717, 1.165) is 32.8 Å². The molecule has 1 aliphatic rings. The second-order valence-electron chi connectivity index (χ2n) is 4.76. The number of nitrogens with two attached hydrogens (primary N) is 1. The van der Waals surface area contributed by atoms with E-state index in [1.807, 2.05) is 6.08 Å². The second-order valence-corrected chi connectivity index (χ2v) is 4.76. The van der Waals surface area contributed by atoms with Crippen molar-refractivity contribution in [2.45, 2.75) is 0 Å². The van der Waals surface area contributed by atoms with E-state index in [9.17, 15) is 4.79 Å². The summed E-state index contributed by atoms with van der Waals surface area (Å²) in [6.45, 7) is 4.07. The van der Waals surface area contributed by atoms with E-state index in [1.165, 1.54) is 6.08 Å². The molecule has 1 fully saturated rings. The number of benzene rings is 1. The number of ether oxygens (including phenoxy) is 2. The first-order valence-corrected chi connectivity index (χ1v) is 6.90. The average Bonchev–Trinajstić information content (AvgIpc) is 2.48. The molecule has 0 aliphatic carbocycles. The Kier molecular flexibility index (Phi) is 5.59. The van der Waals surface area contributed by atoms with Crippen molar-refractivity contribution in [2.24, 2.45) is 0 Å². The SMILES string of the molecule is COc1ccc(NC(=O)/C=C/CN2CCOCC2)cc1N. The number of nitrogen functional groups attached to an aromatic ring is 1. The summed E-state index contributed by atoms with van der Waals surface area (Å²) in [5, 5.41) is 2.77. The van der Waals surface area contributed by atoms with Crippen LogP contribution in [0.1, 0.15) is 0 Å². The van der Waals surface area contributed by atoms with Gasteiger partial charge in [-0.2, -0.15) is 0 Å². The summed E-state index contributed by atoms with van der Waals surface area (Å²) in [6.07, 6.45) is 3.39. The Morgan fingerprint density at radius 2 is 2.24 bits per heavy atom. The molecule has 1 heterocycles. The molecule has 0 radical (unpaired) electrons. The lowest BCUT2D eigenvalue weighted by Crippen LogP contribution is -2.36. The summed E-state index contributed by atoms with van der Waals surface area (Å²) in [4.78, 5) is 14.0. The number of morpholine rings is 1. The van der Waals surface area contributed by atoms with Crippen LogP contribution in [-0.2, 0) is 9.53 Å². The summed E-state index contributed by atoms with van der Waals surface area (Å²) in [6, 6.07) is 5.15. The van der Waals surface area contributed by atoms with Gasteiger partial charge in [-0.15, -0.1) is 0 Å². The van der Waals surface area contributed by atoms with Crippen molar-refractivity contribution in [1.82, 2.24) is 4.90 Å². The molecule has 21 heavy (non-hydrogen) atoms. The minimum absolute atomic E-state index is 0.173. The maximum Gasteiger partial charge on any atom is 0.248 e. The first-order chi connectivity index (χ1) is 10.2. The molecule has 114 valence electrons. The molecule has 6 nitrogen and oxygen atoms in total. The average molecular weight is 291 g/mol. The fourth-order valence-corrected chi connectivity index (χ4v) is 2.09. The number of methoxy groups -OCH3 is 1. The van der Waals surface area contributed by atoms with Gasteiger partial charge in [0.2, 0.25) is 5.91 Å². The zero-order valence-electron chi connectivity index (χ0n) is 12.2. The van der Waals surface area contributed by atoms with E-state index < -0.39 is 0 Å². The van der Waals surface area contributed by atoms with E-state index in [2.05, 4.69) is 10.2 Å². The molecule has 0 spiro atoms. The molecule has 6 heteroatoms. The van der Waals surface area contributed by atoms with Crippen LogP contribution in [0, 0.1) is 0 Å². The summed E-state index contributed by atoms with van der Waals surface area (Å²) in [5.41, 5.74) is 6.93. The molecule has 0 bridgehead atoms. The topological polar surface area (TPSA) is 76.8 Å². The van der Waals surface area contributed by atoms with E-state index in [1.54, 1.807) is 25.3 Å². The molecule has 2 rings (SSSR count). The van der Waals surface area contributed by atoms with Gasteiger partial charge in [-0.3, -0.25) is 9.69 Å². The lowest BCUT2D eigenvalue weighted by Gasteiger charge is -2.25. The van der Waals surface area contributed by atoms with Crippen LogP contribution in [0.25, 0.3) is 0 Å². The number of nitrogens with one attached hydrogen (secondary N) is 1. The van der Waals surface area contributed by atoms with Crippen molar-refractivity contribution < 1.29 is 14.3 Å². The number of anilines is 2. The smallest absolute Gasteiger partial charge is 0.248 e. The van der Waals surface area contributed by atoms with E-state index in [4.69, 9.17) is 15.2 Å². The number of nitrogens with zero attached hydrogens (tertiary/aromatic N) is 1. The van der Waals surface area contributed by atoms with Gasteiger partial charge in [0.1, 0.15) is 5.75 Å². The third-order valence-electron chi connectivity index (χ3n) is 3.23. The highest BCUT2D eigenvalue weighted by molar-refractivity contribution is 5.99. The Morgan fingerprint density at radius 3 is 2.90 bits per heavy atom. The van der Waals surface area contributed by atoms with Crippen molar-refractivity contribution in [1.29, 1.82) is 0 Å². The standard InChI is InChI=1S/C15H21N3O3/c1-20-14-5-4-12(11-13(14)16)17-15(19)3-2-6-18-7-9-21-10-8-18/h2-5,11H,6-10,16H2,1H3,(H,17,19)/b3-2+. The molecule has 0 atom stereocenters. The van der Waals surface area contributed by atoms with Gasteiger partial charge < -0.3 is 20.5 Å². The predicted octanol–water partition coefficient (Wildman–Crippen LogP) is 1.10. The van der Waals surface area contributed by atoms with E-state index >= 15 is 0 Å². The molecule has 1 amide bonds. The van der Waals surface area contributed by atoms with Crippen molar-refractivity contribution in [3.05, 3.63) is 30.4 Å². The highest BCUT2D eigenvalue weighted by Gasteiger charge is 2.08. The van der Waals surface area contributed by atoms with Crippen molar-refractivity contribution in [2.75, 3.05) is 51.0 Å². The van der Waals surface area contributed by atoms with Gasteiger partial charge in [0.05, 0.1) is 26.0 Å². The fraction of sp³-hybridized carbons (Fsp3) is 0.400. The van der Waals surface area contributed by atoms with Gasteiger partial charge in [-0.05, 0) is 18.2 Å². The Balaban J connectivity index is 1.82. The lowest BCUT2D eigenvalue weighted by molar-refractivity contribution is -0.111. The van der Waals surface area contributed by atoms with Crippen LogP contribution in [0.3, 0.4) is 0 Å². The molecule has 0 aromatic heterocycles. The lowest BCUT2D eigenvalue weighted by atomic mass is 10.2. The quantitative estimate of drug-likeness (QED) is 0.627. The van der Waals surface area contributed by atoms with Crippen LogP contribution in [0.15, 0.2) is 30.4 Å². The van der Waals surface area contributed by atoms with Gasteiger partial charge in [0, 0.05) is 31.4 Å². The van der Waals surface area contributed by atoms with Crippen LogP contribution >= 0.6 is 0 Å².